The molecule has 1 aliphatic heterocycles. The quantitative estimate of drug-likeness (QED) is 0.787. The summed E-state index contributed by atoms with van der Waals surface area (Å²) in [5.74, 6) is 1.33. The molecule has 1 atom stereocenters. The van der Waals surface area contributed by atoms with Crippen molar-refractivity contribution in [1.29, 1.82) is 0 Å². The first kappa shape index (κ1) is 12.9. The van der Waals surface area contributed by atoms with E-state index in [-0.39, 0.29) is 5.91 Å². The van der Waals surface area contributed by atoms with Crippen LogP contribution in [0.2, 0.25) is 0 Å². The highest BCUT2D eigenvalue weighted by molar-refractivity contribution is 6.02. The van der Waals surface area contributed by atoms with Gasteiger partial charge >= 0.3 is 0 Å². The molecule has 1 aromatic carbocycles. The van der Waals surface area contributed by atoms with Crippen molar-refractivity contribution in [1.82, 2.24) is 0 Å². The summed E-state index contributed by atoms with van der Waals surface area (Å²) in [5, 5.41) is 2.75. The van der Waals surface area contributed by atoms with Crippen LogP contribution in [0, 0.1) is 5.92 Å². The normalized spacial score (nSPS) is 17.8. The molecule has 1 unspecified atom stereocenters. The van der Waals surface area contributed by atoms with E-state index >= 15 is 0 Å². The molecule has 0 aliphatic carbocycles. The average molecular weight is 248 g/mol. The van der Waals surface area contributed by atoms with Crippen molar-refractivity contribution < 1.29 is 9.53 Å². The summed E-state index contributed by atoms with van der Waals surface area (Å²) in [7, 11) is 0. The fourth-order valence-corrected chi connectivity index (χ4v) is 2.04. The standard InChI is InChI=1S/C14H20N2O2/c1-9(2)4-3-7-18-10-5-6-11-12(8-10)16-14(17)13(11)15/h5-6,8-9,13H,3-4,7,15H2,1-2H3,(H,16,17). The highest BCUT2D eigenvalue weighted by Gasteiger charge is 2.27. The molecule has 18 heavy (non-hydrogen) atoms. The van der Waals surface area contributed by atoms with Crippen molar-refractivity contribution in [2.24, 2.45) is 11.7 Å². The fraction of sp³-hybridized carbons (Fsp3) is 0.500. The number of hydrogen-bond donors (Lipinski definition) is 2. The van der Waals surface area contributed by atoms with Gasteiger partial charge in [0.05, 0.1) is 6.61 Å². The molecule has 0 saturated heterocycles. The van der Waals surface area contributed by atoms with Gasteiger partial charge in [0.1, 0.15) is 11.8 Å². The van der Waals surface area contributed by atoms with Gasteiger partial charge < -0.3 is 15.8 Å². The Hall–Kier alpha value is -1.55. The van der Waals surface area contributed by atoms with Crippen molar-refractivity contribution in [3.05, 3.63) is 23.8 Å². The molecule has 0 radical (unpaired) electrons. The number of nitrogens with two attached hydrogens (primary N) is 1. The molecule has 0 fully saturated rings. The monoisotopic (exact) mass is 248 g/mol. The summed E-state index contributed by atoms with van der Waals surface area (Å²) in [5.41, 5.74) is 7.36. The molecule has 1 aromatic rings. The molecule has 0 aromatic heterocycles. The Morgan fingerprint density at radius 1 is 1.44 bits per heavy atom. The largest absolute Gasteiger partial charge is 0.494 e. The Balaban J connectivity index is 1.92. The maximum absolute atomic E-state index is 11.4. The maximum atomic E-state index is 11.4. The number of ether oxygens (including phenoxy) is 1. The van der Waals surface area contributed by atoms with Gasteiger partial charge in [-0.1, -0.05) is 19.9 Å². The van der Waals surface area contributed by atoms with Crippen LogP contribution < -0.4 is 15.8 Å². The zero-order valence-electron chi connectivity index (χ0n) is 10.9. The third-order valence-corrected chi connectivity index (χ3v) is 3.09. The zero-order chi connectivity index (χ0) is 13.1. The fourth-order valence-electron chi connectivity index (χ4n) is 2.04. The van der Waals surface area contributed by atoms with E-state index in [1.54, 1.807) is 0 Å². The van der Waals surface area contributed by atoms with Crippen LogP contribution >= 0.6 is 0 Å². The first-order valence-electron chi connectivity index (χ1n) is 6.41. The summed E-state index contributed by atoms with van der Waals surface area (Å²) in [6.45, 7) is 5.11. The number of fused-ring (bicyclic) bond motifs is 1. The molecule has 98 valence electrons. The minimum atomic E-state index is -0.546. The van der Waals surface area contributed by atoms with E-state index in [2.05, 4.69) is 19.2 Å². The van der Waals surface area contributed by atoms with Crippen LogP contribution in [0.4, 0.5) is 5.69 Å². The lowest BCUT2D eigenvalue weighted by atomic mass is 10.1. The number of anilines is 1. The summed E-state index contributed by atoms with van der Waals surface area (Å²) < 4.78 is 5.66. The number of nitrogens with one attached hydrogen (secondary N) is 1. The van der Waals surface area contributed by atoms with Crippen LogP contribution in [0.25, 0.3) is 0 Å². The van der Waals surface area contributed by atoms with Gasteiger partial charge in [0, 0.05) is 17.3 Å². The Bertz CT molecular complexity index is 443. The number of amides is 1. The Morgan fingerprint density at radius 2 is 2.22 bits per heavy atom. The molecule has 2 rings (SSSR count). The Labute approximate surface area is 108 Å². The molecular formula is C14H20N2O2. The molecule has 0 spiro atoms. The topological polar surface area (TPSA) is 64.3 Å². The lowest BCUT2D eigenvalue weighted by Crippen LogP contribution is -2.19. The minimum Gasteiger partial charge on any atom is -0.494 e. The second-order valence-electron chi connectivity index (χ2n) is 5.10. The first-order valence-corrected chi connectivity index (χ1v) is 6.41. The predicted octanol–water partition coefficient (Wildman–Crippen LogP) is 2.45. The molecule has 3 N–H and O–H groups in total. The molecular weight excluding hydrogens is 228 g/mol. The van der Waals surface area contributed by atoms with Crippen LogP contribution in [0.3, 0.4) is 0 Å². The predicted molar refractivity (Wildman–Crippen MR) is 71.6 cm³/mol. The van der Waals surface area contributed by atoms with Crippen molar-refractivity contribution in [2.75, 3.05) is 11.9 Å². The van der Waals surface area contributed by atoms with Gasteiger partial charge in [-0.25, -0.2) is 0 Å². The van der Waals surface area contributed by atoms with Crippen molar-refractivity contribution >= 4 is 11.6 Å². The van der Waals surface area contributed by atoms with E-state index in [0.717, 1.165) is 29.8 Å². The average Bonchev–Trinajstić information content (AvgIpc) is 2.60. The highest BCUT2D eigenvalue weighted by Crippen LogP contribution is 2.32. The van der Waals surface area contributed by atoms with E-state index in [1.165, 1.54) is 0 Å². The molecule has 1 heterocycles. The second-order valence-corrected chi connectivity index (χ2v) is 5.10. The van der Waals surface area contributed by atoms with Gasteiger partial charge in [0.2, 0.25) is 5.91 Å². The van der Waals surface area contributed by atoms with Crippen molar-refractivity contribution in [3.8, 4) is 5.75 Å². The van der Waals surface area contributed by atoms with E-state index in [4.69, 9.17) is 10.5 Å². The van der Waals surface area contributed by atoms with E-state index in [1.807, 2.05) is 18.2 Å². The highest BCUT2D eigenvalue weighted by atomic mass is 16.5. The van der Waals surface area contributed by atoms with Crippen molar-refractivity contribution in [2.45, 2.75) is 32.7 Å². The molecule has 4 nitrogen and oxygen atoms in total. The van der Waals surface area contributed by atoms with E-state index in [9.17, 15) is 4.79 Å². The van der Waals surface area contributed by atoms with Crippen LogP contribution in [-0.4, -0.2) is 12.5 Å². The molecule has 0 saturated carbocycles. The lowest BCUT2D eigenvalue weighted by Gasteiger charge is -2.09. The summed E-state index contributed by atoms with van der Waals surface area (Å²) in [6.07, 6.45) is 2.20. The number of carbonyl (C=O) groups excluding carboxylic acids is 1. The van der Waals surface area contributed by atoms with Crippen molar-refractivity contribution in [3.63, 3.8) is 0 Å². The van der Waals surface area contributed by atoms with Crippen LogP contribution in [0.1, 0.15) is 38.3 Å². The molecule has 1 aliphatic rings. The smallest absolute Gasteiger partial charge is 0.245 e. The summed E-state index contributed by atoms with van der Waals surface area (Å²) >= 11 is 0. The van der Waals surface area contributed by atoms with Crippen LogP contribution in [0.15, 0.2) is 18.2 Å². The van der Waals surface area contributed by atoms with Gasteiger partial charge in [0.15, 0.2) is 0 Å². The lowest BCUT2D eigenvalue weighted by molar-refractivity contribution is -0.116. The van der Waals surface area contributed by atoms with E-state index < -0.39 is 6.04 Å². The van der Waals surface area contributed by atoms with Gasteiger partial charge in [-0.2, -0.15) is 0 Å². The van der Waals surface area contributed by atoms with Gasteiger partial charge in [-0.15, -0.1) is 0 Å². The Kier molecular flexibility index (Phi) is 3.87. The summed E-state index contributed by atoms with van der Waals surface area (Å²) in [6, 6.07) is 5.02. The van der Waals surface area contributed by atoms with Gasteiger partial charge in [0.25, 0.3) is 0 Å². The maximum Gasteiger partial charge on any atom is 0.245 e. The van der Waals surface area contributed by atoms with E-state index in [0.29, 0.717) is 12.5 Å². The minimum absolute atomic E-state index is 0.151. The third kappa shape index (κ3) is 2.82. The summed E-state index contributed by atoms with van der Waals surface area (Å²) in [4.78, 5) is 11.4. The number of carbonyl (C=O) groups is 1. The number of rotatable bonds is 5. The van der Waals surface area contributed by atoms with Gasteiger partial charge in [-0.05, 0) is 24.8 Å². The Morgan fingerprint density at radius 3 is 2.94 bits per heavy atom. The number of benzene rings is 1. The third-order valence-electron chi connectivity index (χ3n) is 3.09. The SMILES string of the molecule is CC(C)CCCOc1ccc2c(c1)NC(=O)C2N. The first-order chi connectivity index (χ1) is 8.58. The number of hydrogen-bond acceptors (Lipinski definition) is 3. The molecule has 4 heteroatoms. The van der Waals surface area contributed by atoms with Gasteiger partial charge in [-0.3, -0.25) is 4.79 Å². The van der Waals surface area contributed by atoms with Crippen LogP contribution in [-0.2, 0) is 4.79 Å². The molecule has 0 bridgehead atoms. The second kappa shape index (κ2) is 5.40. The van der Waals surface area contributed by atoms with Crippen LogP contribution in [0.5, 0.6) is 5.75 Å². The molecule has 1 amide bonds. The zero-order valence-corrected chi connectivity index (χ0v) is 10.9.